The second-order valence-corrected chi connectivity index (χ2v) is 3.48. The number of aryl methyl sites for hydroxylation is 1. The lowest BCUT2D eigenvalue weighted by atomic mass is 10.1. The zero-order valence-corrected chi connectivity index (χ0v) is 8.79. The maximum Gasteiger partial charge on any atom is 0.309 e. The lowest BCUT2D eigenvalue weighted by Crippen LogP contribution is -2.02. The van der Waals surface area contributed by atoms with Gasteiger partial charge in [-0.25, -0.2) is 0 Å². The Balaban J connectivity index is 2.32. The summed E-state index contributed by atoms with van der Waals surface area (Å²) >= 11 is 0. The van der Waals surface area contributed by atoms with Crippen molar-refractivity contribution in [1.82, 2.24) is 14.8 Å². The molecule has 2 rings (SSSR count). The van der Waals surface area contributed by atoms with Gasteiger partial charge in [0.05, 0.1) is 17.8 Å². The minimum Gasteiger partial charge on any atom is -0.481 e. The Morgan fingerprint density at radius 1 is 1.50 bits per heavy atom. The van der Waals surface area contributed by atoms with E-state index in [-0.39, 0.29) is 6.42 Å². The third-order valence-corrected chi connectivity index (χ3v) is 2.16. The summed E-state index contributed by atoms with van der Waals surface area (Å²) in [6.45, 7) is 0. The molecule has 82 valence electrons. The standard InChI is InChI=1S/C11H11N3O2/c1-14-5-3-10(13-14)8-2-4-12-9(6-8)7-11(15)16/h2-6H,7H2,1H3,(H,15,16). The van der Waals surface area contributed by atoms with E-state index in [0.717, 1.165) is 11.3 Å². The van der Waals surface area contributed by atoms with Crippen LogP contribution in [0.5, 0.6) is 0 Å². The number of carboxylic acid groups (broad SMARTS) is 1. The van der Waals surface area contributed by atoms with E-state index in [2.05, 4.69) is 10.1 Å². The number of hydrogen-bond donors (Lipinski definition) is 1. The van der Waals surface area contributed by atoms with Gasteiger partial charge in [0.2, 0.25) is 0 Å². The fourth-order valence-electron chi connectivity index (χ4n) is 1.46. The van der Waals surface area contributed by atoms with Gasteiger partial charge in [0.1, 0.15) is 0 Å². The highest BCUT2D eigenvalue weighted by molar-refractivity contribution is 5.70. The van der Waals surface area contributed by atoms with Crippen molar-refractivity contribution in [2.75, 3.05) is 0 Å². The van der Waals surface area contributed by atoms with Crippen molar-refractivity contribution in [3.05, 3.63) is 36.3 Å². The van der Waals surface area contributed by atoms with Crippen LogP contribution in [0.15, 0.2) is 30.6 Å². The molecular formula is C11H11N3O2. The van der Waals surface area contributed by atoms with E-state index in [9.17, 15) is 4.79 Å². The van der Waals surface area contributed by atoms with Crippen LogP contribution in [-0.4, -0.2) is 25.8 Å². The summed E-state index contributed by atoms with van der Waals surface area (Å²) in [7, 11) is 1.84. The molecule has 2 heterocycles. The summed E-state index contributed by atoms with van der Waals surface area (Å²) in [6.07, 6.45) is 3.37. The highest BCUT2D eigenvalue weighted by atomic mass is 16.4. The molecule has 0 aliphatic rings. The zero-order valence-electron chi connectivity index (χ0n) is 8.79. The summed E-state index contributed by atoms with van der Waals surface area (Å²) in [6, 6.07) is 5.43. The smallest absolute Gasteiger partial charge is 0.309 e. The molecule has 0 fully saturated rings. The lowest BCUT2D eigenvalue weighted by Gasteiger charge is -1.99. The van der Waals surface area contributed by atoms with Crippen molar-refractivity contribution in [1.29, 1.82) is 0 Å². The number of pyridine rings is 1. The second kappa shape index (κ2) is 4.14. The van der Waals surface area contributed by atoms with Crippen molar-refractivity contribution in [3.8, 4) is 11.3 Å². The molecule has 0 saturated heterocycles. The predicted molar refractivity (Wildman–Crippen MR) is 57.8 cm³/mol. The molecule has 16 heavy (non-hydrogen) atoms. The molecular weight excluding hydrogens is 206 g/mol. The number of rotatable bonds is 3. The Bertz CT molecular complexity index is 519. The maximum absolute atomic E-state index is 10.6. The molecule has 0 aromatic carbocycles. The summed E-state index contributed by atoms with van der Waals surface area (Å²) in [5.41, 5.74) is 2.24. The highest BCUT2D eigenvalue weighted by Crippen LogP contribution is 2.16. The van der Waals surface area contributed by atoms with Crippen LogP contribution in [0.4, 0.5) is 0 Å². The first kappa shape index (κ1) is 10.4. The molecule has 0 aliphatic carbocycles. The third-order valence-electron chi connectivity index (χ3n) is 2.16. The Hall–Kier alpha value is -2.17. The Morgan fingerprint density at radius 3 is 2.94 bits per heavy atom. The normalized spacial score (nSPS) is 10.3. The molecule has 0 aliphatic heterocycles. The Kier molecular flexibility index (Phi) is 2.68. The van der Waals surface area contributed by atoms with E-state index < -0.39 is 5.97 Å². The van der Waals surface area contributed by atoms with Crippen LogP contribution in [0.2, 0.25) is 0 Å². The van der Waals surface area contributed by atoms with E-state index in [1.165, 1.54) is 0 Å². The lowest BCUT2D eigenvalue weighted by molar-refractivity contribution is -0.136. The van der Waals surface area contributed by atoms with Crippen molar-refractivity contribution in [2.24, 2.45) is 7.05 Å². The van der Waals surface area contributed by atoms with Crippen molar-refractivity contribution < 1.29 is 9.90 Å². The average Bonchev–Trinajstić information content (AvgIpc) is 2.64. The van der Waals surface area contributed by atoms with Gasteiger partial charge < -0.3 is 5.11 Å². The van der Waals surface area contributed by atoms with Gasteiger partial charge in [0.15, 0.2) is 0 Å². The summed E-state index contributed by atoms with van der Waals surface area (Å²) < 4.78 is 1.70. The fourth-order valence-corrected chi connectivity index (χ4v) is 1.46. The predicted octanol–water partition coefficient (Wildman–Crippen LogP) is 1.11. The first-order chi connectivity index (χ1) is 7.65. The van der Waals surface area contributed by atoms with E-state index in [0.29, 0.717) is 5.69 Å². The Labute approximate surface area is 92.4 Å². The first-order valence-corrected chi connectivity index (χ1v) is 4.82. The van der Waals surface area contributed by atoms with Crippen LogP contribution in [0.1, 0.15) is 5.69 Å². The largest absolute Gasteiger partial charge is 0.481 e. The molecule has 0 bridgehead atoms. The van der Waals surface area contributed by atoms with E-state index in [1.54, 1.807) is 16.9 Å². The van der Waals surface area contributed by atoms with Gasteiger partial charge in [-0.15, -0.1) is 0 Å². The molecule has 0 atom stereocenters. The second-order valence-electron chi connectivity index (χ2n) is 3.48. The van der Waals surface area contributed by atoms with Crippen molar-refractivity contribution >= 4 is 5.97 Å². The summed E-state index contributed by atoms with van der Waals surface area (Å²) in [5, 5.41) is 12.9. The number of aromatic nitrogens is 3. The summed E-state index contributed by atoms with van der Waals surface area (Å²) in [5.74, 6) is -0.884. The average molecular weight is 217 g/mol. The first-order valence-electron chi connectivity index (χ1n) is 4.82. The minimum atomic E-state index is -0.884. The van der Waals surface area contributed by atoms with Gasteiger partial charge in [-0.05, 0) is 18.2 Å². The minimum absolute atomic E-state index is 0.0688. The molecule has 0 unspecified atom stereocenters. The highest BCUT2D eigenvalue weighted by Gasteiger charge is 2.05. The van der Waals surface area contributed by atoms with E-state index >= 15 is 0 Å². The van der Waals surface area contributed by atoms with Crippen molar-refractivity contribution in [3.63, 3.8) is 0 Å². The van der Waals surface area contributed by atoms with Gasteiger partial charge in [-0.3, -0.25) is 14.5 Å². The fraction of sp³-hybridized carbons (Fsp3) is 0.182. The van der Waals surface area contributed by atoms with Gasteiger partial charge in [-0.2, -0.15) is 5.10 Å². The topological polar surface area (TPSA) is 68.0 Å². The maximum atomic E-state index is 10.6. The number of carboxylic acids is 1. The number of nitrogens with zero attached hydrogens (tertiary/aromatic N) is 3. The molecule has 0 radical (unpaired) electrons. The zero-order chi connectivity index (χ0) is 11.5. The number of carbonyl (C=O) groups is 1. The number of hydrogen-bond acceptors (Lipinski definition) is 3. The molecule has 1 N–H and O–H groups in total. The number of aliphatic carboxylic acids is 1. The molecule has 2 aromatic heterocycles. The molecule has 0 amide bonds. The van der Waals surface area contributed by atoms with Gasteiger partial charge in [0.25, 0.3) is 0 Å². The quantitative estimate of drug-likeness (QED) is 0.836. The van der Waals surface area contributed by atoms with Gasteiger partial charge in [0, 0.05) is 25.0 Å². The van der Waals surface area contributed by atoms with Crippen LogP contribution in [0.25, 0.3) is 11.3 Å². The van der Waals surface area contributed by atoms with Crippen LogP contribution >= 0.6 is 0 Å². The molecule has 5 nitrogen and oxygen atoms in total. The molecule has 5 heteroatoms. The van der Waals surface area contributed by atoms with E-state index in [4.69, 9.17) is 5.11 Å². The molecule has 0 saturated carbocycles. The van der Waals surface area contributed by atoms with Gasteiger partial charge in [-0.1, -0.05) is 0 Å². The molecule has 2 aromatic rings. The van der Waals surface area contributed by atoms with Crippen LogP contribution in [-0.2, 0) is 18.3 Å². The SMILES string of the molecule is Cn1ccc(-c2ccnc(CC(=O)O)c2)n1. The van der Waals surface area contributed by atoms with Crippen LogP contribution in [0.3, 0.4) is 0 Å². The van der Waals surface area contributed by atoms with Crippen LogP contribution in [0, 0.1) is 0 Å². The molecule has 0 spiro atoms. The Morgan fingerprint density at radius 2 is 2.31 bits per heavy atom. The van der Waals surface area contributed by atoms with Crippen molar-refractivity contribution in [2.45, 2.75) is 6.42 Å². The third kappa shape index (κ3) is 2.25. The van der Waals surface area contributed by atoms with Crippen LogP contribution < -0.4 is 0 Å². The van der Waals surface area contributed by atoms with E-state index in [1.807, 2.05) is 25.4 Å². The monoisotopic (exact) mass is 217 g/mol. The summed E-state index contributed by atoms with van der Waals surface area (Å²) in [4.78, 5) is 14.6. The van der Waals surface area contributed by atoms with Gasteiger partial charge >= 0.3 is 5.97 Å².